The molecular formula is C48H53ClN10O2S. The number of anilines is 2. The number of benzene rings is 3. The van der Waals surface area contributed by atoms with E-state index in [1.807, 2.05) is 79.2 Å². The second-order valence-corrected chi connectivity index (χ2v) is 18.5. The van der Waals surface area contributed by atoms with Crippen LogP contribution in [0.25, 0.3) is 33.8 Å². The molecule has 0 spiro atoms. The van der Waals surface area contributed by atoms with E-state index >= 15 is 0 Å². The Kier molecular flexibility index (Phi) is 12.8. The van der Waals surface area contributed by atoms with Crippen molar-refractivity contribution in [3.05, 3.63) is 119 Å². The second-order valence-electron chi connectivity index (χ2n) is 17.1. The zero-order valence-electron chi connectivity index (χ0n) is 36.0. The third-order valence-corrected chi connectivity index (χ3v) is 11.7. The third kappa shape index (κ3) is 10.2. The highest BCUT2D eigenvalue weighted by molar-refractivity contribution is 7.99. The van der Waals surface area contributed by atoms with Crippen molar-refractivity contribution in [2.75, 3.05) is 23.7 Å². The number of nitrogens with zero attached hydrogens (tertiary/aromatic N) is 6. The highest BCUT2D eigenvalue weighted by Gasteiger charge is 2.26. The lowest BCUT2D eigenvalue weighted by Gasteiger charge is -2.13. The number of aromatic nitrogens is 6. The van der Waals surface area contributed by atoms with Crippen molar-refractivity contribution < 1.29 is 9.59 Å². The molecule has 2 fully saturated rings. The van der Waals surface area contributed by atoms with Gasteiger partial charge in [0.2, 0.25) is 0 Å². The summed E-state index contributed by atoms with van der Waals surface area (Å²) in [5.74, 6) is 0.999. The van der Waals surface area contributed by atoms with Gasteiger partial charge in [-0.15, -0.1) is 0 Å². The summed E-state index contributed by atoms with van der Waals surface area (Å²) in [7, 11) is 0. The van der Waals surface area contributed by atoms with Crippen LogP contribution in [0, 0.1) is 25.7 Å². The molecule has 0 radical (unpaired) electrons. The first-order valence-electron chi connectivity index (χ1n) is 21.4. The molecule has 2 aliphatic carbocycles. The first-order chi connectivity index (χ1) is 29.9. The number of carbonyl (C=O) groups excluding carboxylic acids is 2. The molecule has 14 heteroatoms. The van der Waals surface area contributed by atoms with Gasteiger partial charge in [-0.1, -0.05) is 81.4 Å². The van der Waals surface area contributed by atoms with Gasteiger partial charge >= 0.3 is 0 Å². The van der Waals surface area contributed by atoms with E-state index in [1.165, 1.54) is 0 Å². The van der Waals surface area contributed by atoms with Crippen LogP contribution in [0.1, 0.15) is 85.2 Å². The average Bonchev–Trinajstić information content (AvgIpc) is 4.16. The Labute approximate surface area is 371 Å². The van der Waals surface area contributed by atoms with Crippen LogP contribution in [0.2, 0.25) is 5.15 Å². The second kappa shape index (κ2) is 18.6. The number of imidazole rings is 2. The zero-order valence-corrected chi connectivity index (χ0v) is 37.6. The fourth-order valence-electron chi connectivity index (χ4n) is 6.96. The lowest BCUT2D eigenvalue weighted by atomic mass is 10.0. The fourth-order valence-corrected chi connectivity index (χ4v) is 7.98. The molecule has 0 atom stereocenters. The Hall–Kier alpha value is -5.92. The first kappa shape index (κ1) is 42.8. The first-order valence-corrected chi connectivity index (χ1v) is 22.6. The van der Waals surface area contributed by atoms with E-state index in [1.54, 1.807) is 28.5 Å². The minimum atomic E-state index is -0.00830. The van der Waals surface area contributed by atoms with Crippen LogP contribution in [-0.4, -0.2) is 66.2 Å². The minimum absolute atomic E-state index is 0.00420. The van der Waals surface area contributed by atoms with Gasteiger partial charge in [-0.3, -0.25) is 9.59 Å². The van der Waals surface area contributed by atoms with E-state index in [0.29, 0.717) is 34.6 Å². The molecule has 4 heterocycles. The highest BCUT2D eigenvalue weighted by Crippen LogP contribution is 2.33. The third-order valence-electron chi connectivity index (χ3n) is 10.6. The predicted molar refractivity (Wildman–Crippen MR) is 250 cm³/mol. The quantitative estimate of drug-likeness (QED) is 0.0840. The molecule has 2 aliphatic rings. The Bertz CT molecular complexity index is 2740. The molecule has 3 aromatic carbocycles. The summed E-state index contributed by atoms with van der Waals surface area (Å²) in [5.41, 5.74) is 10.3. The van der Waals surface area contributed by atoms with Crippen molar-refractivity contribution in [2.45, 2.75) is 89.2 Å². The molecule has 2 saturated carbocycles. The Balaban J connectivity index is 0.000000174. The predicted octanol–water partition coefficient (Wildman–Crippen LogP) is 10.1. The van der Waals surface area contributed by atoms with Crippen molar-refractivity contribution in [3.8, 4) is 22.5 Å². The molecule has 0 aliphatic heterocycles. The van der Waals surface area contributed by atoms with Gasteiger partial charge in [0.1, 0.15) is 5.03 Å². The number of aryl methyl sites for hydroxylation is 2. The largest absolute Gasteiger partial charge is 0.382 e. The molecular weight excluding hydrogens is 816 g/mol. The van der Waals surface area contributed by atoms with Crippen LogP contribution in [0.4, 0.5) is 11.4 Å². The summed E-state index contributed by atoms with van der Waals surface area (Å²) < 4.78 is 3.66. The lowest BCUT2D eigenvalue weighted by Crippen LogP contribution is -2.26. The summed E-state index contributed by atoms with van der Waals surface area (Å²) in [6.07, 6.45) is 7.95. The van der Waals surface area contributed by atoms with Crippen LogP contribution in [0.3, 0.4) is 0 Å². The van der Waals surface area contributed by atoms with Crippen molar-refractivity contribution in [1.29, 1.82) is 0 Å². The van der Waals surface area contributed by atoms with Gasteiger partial charge in [0.25, 0.3) is 11.8 Å². The SMILES string of the molecule is Cc1cc(-c2cnc3c(NCC(C)C)cc(Cl)nn23)ccc1C(=O)NC1CC1.Cc1cc(-c2cnc3c(NCC(C)C)cc(Sc4ccccc4)nn23)ccc1C(=O)NC1CC1. The average molecular weight is 870 g/mol. The molecule has 62 heavy (non-hydrogen) atoms. The van der Waals surface area contributed by atoms with Crippen LogP contribution < -0.4 is 21.3 Å². The molecule has 0 bridgehead atoms. The maximum atomic E-state index is 12.6. The molecule has 320 valence electrons. The summed E-state index contributed by atoms with van der Waals surface area (Å²) in [5, 5.41) is 23.7. The minimum Gasteiger partial charge on any atom is -0.382 e. The van der Waals surface area contributed by atoms with Gasteiger partial charge in [-0.25, -0.2) is 19.0 Å². The smallest absolute Gasteiger partial charge is 0.251 e. The monoisotopic (exact) mass is 868 g/mol. The summed E-state index contributed by atoms with van der Waals surface area (Å²) >= 11 is 7.88. The summed E-state index contributed by atoms with van der Waals surface area (Å²) in [6, 6.07) is 26.5. The van der Waals surface area contributed by atoms with Crippen LogP contribution in [-0.2, 0) is 0 Å². The van der Waals surface area contributed by atoms with Crippen LogP contribution >= 0.6 is 23.4 Å². The number of fused-ring (bicyclic) bond motifs is 2. The molecule has 7 aromatic rings. The molecule has 12 nitrogen and oxygen atoms in total. The Morgan fingerprint density at radius 2 is 1.16 bits per heavy atom. The molecule has 4 aromatic heterocycles. The van der Waals surface area contributed by atoms with Crippen molar-refractivity contribution >= 4 is 57.8 Å². The van der Waals surface area contributed by atoms with Crippen LogP contribution in [0.15, 0.2) is 101 Å². The standard InChI is InChI=1S/C27H29N5OS.C21H24ClN5O/c1-17(2)15-28-23-14-25(34-21-7-5-4-6-8-21)31-32-24(16-29-26(23)32)19-9-12-22(18(3)13-19)27(33)30-20-10-11-20;1-12(2)10-23-17-9-19(22)26-27-18(11-24-20(17)27)14-4-7-16(13(3)8-14)21(28)25-15-5-6-15/h4-9,12-14,16-17,20,28H,10-11,15H2,1-3H3,(H,30,33);4,7-9,11-12,15,23H,5-6,10H2,1-3H3,(H,25,28). The Morgan fingerprint density at radius 1 is 0.677 bits per heavy atom. The summed E-state index contributed by atoms with van der Waals surface area (Å²) in [4.78, 5) is 35.3. The van der Waals surface area contributed by atoms with Gasteiger partial charge in [0, 0.05) is 58.4 Å². The molecule has 4 N–H and O–H groups in total. The Morgan fingerprint density at radius 3 is 1.63 bits per heavy atom. The van der Waals surface area contributed by atoms with E-state index in [9.17, 15) is 9.59 Å². The highest BCUT2D eigenvalue weighted by atomic mass is 35.5. The number of hydrogen-bond donors (Lipinski definition) is 4. The van der Waals surface area contributed by atoms with Gasteiger partial charge < -0.3 is 21.3 Å². The number of carbonyl (C=O) groups is 2. The van der Waals surface area contributed by atoms with E-state index in [-0.39, 0.29) is 11.8 Å². The number of hydrogen-bond acceptors (Lipinski definition) is 9. The molecule has 0 unspecified atom stereocenters. The fraction of sp³-hybridized carbons (Fsp3) is 0.333. The lowest BCUT2D eigenvalue weighted by molar-refractivity contribution is 0.0942. The van der Waals surface area contributed by atoms with Gasteiger partial charge in [0.05, 0.1) is 35.2 Å². The maximum absolute atomic E-state index is 12.6. The van der Waals surface area contributed by atoms with Crippen LogP contribution in [0.5, 0.6) is 0 Å². The number of nitrogens with one attached hydrogen (secondary N) is 4. The molecule has 0 saturated heterocycles. The molecule has 9 rings (SSSR count). The van der Waals surface area contributed by atoms with E-state index < -0.39 is 0 Å². The normalized spacial score (nSPS) is 13.6. The van der Waals surface area contributed by atoms with Gasteiger partial charge in [-0.05, 0) is 105 Å². The van der Waals surface area contributed by atoms with Gasteiger partial charge in [-0.2, -0.15) is 10.2 Å². The molecule has 2 amide bonds. The number of halogens is 1. The topological polar surface area (TPSA) is 143 Å². The summed E-state index contributed by atoms with van der Waals surface area (Å²) in [6.45, 7) is 14.3. The maximum Gasteiger partial charge on any atom is 0.251 e. The van der Waals surface area contributed by atoms with Crippen molar-refractivity contribution in [1.82, 2.24) is 39.8 Å². The number of amides is 2. The number of rotatable bonds is 14. The van der Waals surface area contributed by atoms with Crippen molar-refractivity contribution in [3.63, 3.8) is 0 Å². The van der Waals surface area contributed by atoms with E-state index in [0.717, 1.165) is 111 Å². The zero-order chi connectivity index (χ0) is 43.5. The van der Waals surface area contributed by atoms with Gasteiger partial charge in [0.15, 0.2) is 16.4 Å². The van der Waals surface area contributed by atoms with E-state index in [4.69, 9.17) is 21.7 Å². The van der Waals surface area contributed by atoms with Crippen molar-refractivity contribution in [2.24, 2.45) is 11.8 Å². The van der Waals surface area contributed by atoms with E-state index in [2.05, 4.69) is 77.2 Å².